The summed E-state index contributed by atoms with van der Waals surface area (Å²) in [5, 5.41) is 7.97. The van der Waals surface area contributed by atoms with Crippen LogP contribution in [0, 0.1) is 0 Å². The molecule has 2 aromatic rings. The highest BCUT2D eigenvalue weighted by Crippen LogP contribution is 2.32. The number of benzene rings is 2. The molecule has 0 fully saturated rings. The largest absolute Gasteiger partial charge is 0.454 e. The molecule has 3 N–H and O–H groups in total. The predicted molar refractivity (Wildman–Crippen MR) is 100 cm³/mol. The van der Waals surface area contributed by atoms with Gasteiger partial charge in [0.2, 0.25) is 22.7 Å². The van der Waals surface area contributed by atoms with E-state index in [1.54, 1.807) is 12.1 Å². The van der Waals surface area contributed by atoms with Crippen molar-refractivity contribution in [3.05, 3.63) is 53.6 Å². The summed E-state index contributed by atoms with van der Waals surface area (Å²) in [7, 11) is -3.66. The van der Waals surface area contributed by atoms with Crippen LogP contribution in [0.2, 0.25) is 0 Å². The highest BCUT2D eigenvalue weighted by atomic mass is 32.2. The lowest BCUT2D eigenvalue weighted by Gasteiger charge is -2.07. The van der Waals surface area contributed by atoms with E-state index in [0.717, 1.165) is 35.5 Å². The summed E-state index contributed by atoms with van der Waals surface area (Å²) in [4.78, 5) is 12.1. The summed E-state index contributed by atoms with van der Waals surface area (Å²) >= 11 is 0. The summed E-state index contributed by atoms with van der Waals surface area (Å²) in [5.74, 6) is 1.46. The number of rotatable bonds is 8. The molecule has 0 atom stereocenters. The third kappa shape index (κ3) is 5.45. The first-order chi connectivity index (χ1) is 12.9. The third-order valence-electron chi connectivity index (χ3n) is 4.29. The Bertz CT molecular complexity index is 910. The zero-order valence-corrected chi connectivity index (χ0v) is 15.6. The number of amides is 1. The van der Waals surface area contributed by atoms with Gasteiger partial charge in [-0.1, -0.05) is 18.2 Å². The van der Waals surface area contributed by atoms with Crippen molar-refractivity contribution in [1.82, 2.24) is 5.32 Å². The Labute approximate surface area is 158 Å². The summed E-state index contributed by atoms with van der Waals surface area (Å²) < 4.78 is 33.0. The molecular weight excluding hydrogens is 368 g/mol. The minimum absolute atomic E-state index is 0.00256. The van der Waals surface area contributed by atoms with E-state index < -0.39 is 10.0 Å². The van der Waals surface area contributed by atoms with Crippen LogP contribution in [0.3, 0.4) is 0 Å². The smallest absolute Gasteiger partial charge is 0.238 e. The zero-order chi connectivity index (χ0) is 19.3. The van der Waals surface area contributed by atoms with Crippen molar-refractivity contribution in [3.63, 3.8) is 0 Å². The molecule has 0 radical (unpaired) electrons. The average Bonchev–Trinajstić information content (AvgIpc) is 3.11. The third-order valence-corrected chi connectivity index (χ3v) is 5.22. The maximum absolute atomic E-state index is 12.0. The molecule has 1 aliphatic heterocycles. The fraction of sp³-hybridized carbons (Fsp3) is 0.316. The molecule has 0 spiro atoms. The molecule has 0 aromatic heterocycles. The summed E-state index contributed by atoms with van der Waals surface area (Å²) in [6.45, 7) is 0.806. The van der Waals surface area contributed by atoms with E-state index in [1.165, 1.54) is 12.1 Å². The number of nitrogens with two attached hydrogens (primary N) is 1. The van der Waals surface area contributed by atoms with Crippen molar-refractivity contribution in [3.8, 4) is 11.5 Å². The Morgan fingerprint density at radius 2 is 1.70 bits per heavy atom. The highest BCUT2D eigenvalue weighted by molar-refractivity contribution is 7.89. The van der Waals surface area contributed by atoms with Crippen molar-refractivity contribution < 1.29 is 22.7 Å². The number of fused-ring (bicyclic) bond motifs is 1. The lowest BCUT2D eigenvalue weighted by atomic mass is 10.1. The first-order valence-electron chi connectivity index (χ1n) is 8.69. The van der Waals surface area contributed by atoms with Crippen molar-refractivity contribution >= 4 is 15.9 Å². The monoisotopic (exact) mass is 390 g/mol. The lowest BCUT2D eigenvalue weighted by Crippen LogP contribution is -2.25. The first-order valence-corrected chi connectivity index (χ1v) is 10.2. The van der Waals surface area contributed by atoms with Crippen LogP contribution in [0.25, 0.3) is 0 Å². The van der Waals surface area contributed by atoms with Gasteiger partial charge in [-0.2, -0.15) is 0 Å². The second-order valence-corrected chi connectivity index (χ2v) is 7.89. The van der Waals surface area contributed by atoms with Crippen LogP contribution in [-0.4, -0.2) is 27.7 Å². The minimum atomic E-state index is -3.66. The van der Waals surface area contributed by atoms with Gasteiger partial charge in [0.05, 0.1) is 4.90 Å². The molecule has 27 heavy (non-hydrogen) atoms. The number of carbonyl (C=O) groups is 1. The molecule has 144 valence electrons. The molecule has 7 nitrogen and oxygen atoms in total. The number of aryl methyl sites for hydroxylation is 2. The van der Waals surface area contributed by atoms with Crippen LogP contribution in [0.5, 0.6) is 11.5 Å². The Balaban J connectivity index is 1.36. The van der Waals surface area contributed by atoms with Gasteiger partial charge >= 0.3 is 0 Å². The van der Waals surface area contributed by atoms with Gasteiger partial charge in [-0.15, -0.1) is 0 Å². The van der Waals surface area contributed by atoms with Crippen molar-refractivity contribution in [1.29, 1.82) is 0 Å². The standard InChI is InChI=1S/C19H22N2O5S/c20-27(23,24)16-7-3-14(4-8-16)2-1-11-21-19(22)10-6-15-5-9-17-18(12-15)26-13-25-17/h3-5,7-9,12H,1-2,6,10-11,13H2,(H,21,22)(H2,20,23,24). The number of hydrogen-bond acceptors (Lipinski definition) is 5. The molecule has 0 saturated carbocycles. The molecule has 0 saturated heterocycles. The fourth-order valence-electron chi connectivity index (χ4n) is 2.81. The number of sulfonamides is 1. The molecule has 0 aliphatic carbocycles. The number of carbonyl (C=O) groups excluding carboxylic acids is 1. The van der Waals surface area contributed by atoms with Crippen LogP contribution >= 0.6 is 0 Å². The van der Waals surface area contributed by atoms with E-state index in [4.69, 9.17) is 14.6 Å². The minimum Gasteiger partial charge on any atom is -0.454 e. The molecule has 1 heterocycles. The van der Waals surface area contributed by atoms with E-state index in [2.05, 4.69) is 5.32 Å². The number of nitrogens with one attached hydrogen (secondary N) is 1. The van der Waals surface area contributed by atoms with E-state index in [1.807, 2.05) is 18.2 Å². The van der Waals surface area contributed by atoms with E-state index >= 15 is 0 Å². The van der Waals surface area contributed by atoms with Crippen LogP contribution in [0.1, 0.15) is 24.0 Å². The number of primary sulfonamides is 1. The summed E-state index contributed by atoms with van der Waals surface area (Å²) in [6.07, 6.45) is 2.55. The number of hydrogen-bond donors (Lipinski definition) is 2. The van der Waals surface area contributed by atoms with E-state index in [0.29, 0.717) is 19.4 Å². The van der Waals surface area contributed by atoms with Gasteiger partial charge in [0.15, 0.2) is 11.5 Å². The zero-order valence-electron chi connectivity index (χ0n) is 14.8. The topological polar surface area (TPSA) is 108 Å². The molecule has 0 unspecified atom stereocenters. The van der Waals surface area contributed by atoms with Crippen LogP contribution in [-0.2, 0) is 27.7 Å². The van der Waals surface area contributed by atoms with Crippen molar-refractivity contribution in [2.75, 3.05) is 13.3 Å². The second kappa shape index (κ2) is 8.41. The molecule has 1 amide bonds. The first kappa shape index (κ1) is 19.2. The highest BCUT2D eigenvalue weighted by Gasteiger charge is 2.13. The predicted octanol–water partition coefficient (Wildman–Crippen LogP) is 1.74. The maximum Gasteiger partial charge on any atom is 0.238 e. The van der Waals surface area contributed by atoms with Gasteiger partial charge in [0.1, 0.15) is 0 Å². The molecule has 8 heteroatoms. The van der Waals surface area contributed by atoms with Crippen LogP contribution < -0.4 is 19.9 Å². The summed E-state index contributed by atoms with van der Waals surface area (Å²) in [5.41, 5.74) is 2.03. The quantitative estimate of drug-likeness (QED) is 0.668. The Morgan fingerprint density at radius 1 is 1.00 bits per heavy atom. The Kier molecular flexibility index (Phi) is 5.98. The van der Waals surface area contributed by atoms with E-state index in [-0.39, 0.29) is 17.6 Å². The molecular formula is C19H22N2O5S. The van der Waals surface area contributed by atoms with Gasteiger partial charge in [-0.3, -0.25) is 4.79 Å². The van der Waals surface area contributed by atoms with Gasteiger partial charge < -0.3 is 14.8 Å². The molecule has 2 aromatic carbocycles. The molecule has 0 bridgehead atoms. The SMILES string of the molecule is NS(=O)(=O)c1ccc(CCCNC(=O)CCc2ccc3c(c2)OCO3)cc1. The Hall–Kier alpha value is -2.58. The van der Waals surface area contributed by atoms with Crippen molar-refractivity contribution in [2.24, 2.45) is 5.14 Å². The molecule has 3 rings (SSSR count). The fourth-order valence-corrected chi connectivity index (χ4v) is 3.32. The van der Waals surface area contributed by atoms with Gasteiger partial charge in [0, 0.05) is 13.0 Å². The summed E-state index contributed by atoms with van der Waals surface area (Å²) in [6, 6.07) is 12.2. The Morgan fingerprint density at radius 3 is 2.44 bits per heavy atom. The maximum atomic E-state index is 12.0. The van der Waals surface area contributed by atoms with Crippen LogP contribution in [0.15, 0.2) is 47.4 Å². The van der Waals surface area contributed by atoms with Gasteiger partial charge in [-0.25, -0.2) is 13.6 Å². The second-order valence-electron chi connectivity index (χ2n) is 6.33. The average molecular weight is 390 g/mol. The van der Waals surface area contributed by atoms with Gasteiger partial charge in [0.25, 0.3) is 0 Å². The normalized spacial score (nSPS) is 12.8. The molecule has 1 aliphatic rings. The van der Waals surface area contributed by atoms with Crippen LogP contribution in [0.4, 0.5) is 0 Å². The van der Waals surface area contributed by atoms with Crippen molar-refractivity contribution in [2.45, 2.75) is 30.6 Å². The lowest BCUT2D eigenvalue weighted by molar-refractivity contribution is -0.121. The van der Waals surface area contributed by atoms with E-state index in [9.17, 15) is 13.2 Å². The van der Waals surface area contributed by atoms with Gasteiger partial charge in [-0.05, 0) is 54.7 Å². The number of ether oxygens (including phenoxy) is 2.